The van der Waals surface area contributed by atoms with Crippen molar-refractivity contribution in [3.05, 3.63) is 22.2 Å². The van der Waals surface area contributed by atoms with Crippen molar-refractivity contribution in [2.24, 2.45) is 0 Å². The number of benzene rings is 1. The van der Waals surface area contributed by atoms with E-state index in [9.17, 15) is 14.9 Å². The topological polar surface area (TPSA) is 116 Å². The summed E-state index contributed by atoms with van der Waals surface area (Å²) in [5.41, 5.74) is -0.430. The van der Waals surface area contributed by atoms with Crippen LogP contribution in [0.2, 0.25) is 0 Å². The number of methoxy groups -OCH3 is 3. The van der Waals surface area contributed by atoms with Gasteiger partial charge in [0.1, 0.15) is 0 Å². The average molecular weight is 359 g/mol. The quantitative estimate of drug-likeness (QED) is 0.267. The van der Waals surface area contributed by atoms with Gasteiger partial charge in [0.15, 0.2) is 18.3 Å². The molecule has 0 N–H and O–H groups in total. The first kappa shape index (κ1) is 20.5. The van der Waals surface area contributed by atoms with Crippen LogP contribution in [0.15, 0.2) is 12.1 Å². The lowest BCUT2D eigenvalue weighted by atomic mass is 10.2. The lowest BCUT2D eigenvalue weighted by Gasteiger charge is -2.19. The highest BCUT2D eigenvalue weighted by atomic mass is 16.8. The van der Waals surface area contributed by atoms with E-state index in [-0.39, 0.29) is 24.0 Å². The van der Waals surface area contributed by atoms with E-state index in [0.29, 0.717) is 0 Å². The second-order valence-corrected chi connectivity index (χ2v) is 4.94. The van der Waals surface area contributed by atoms with Gasteiger partial charge in [-0.3, -0.25) is 10.1 Å². The first-order valence-electron chi connectivity index (χ1n) is 7.22. The third-order valence-corrected chi connectivity index (χ3v) is 2.78. The second-order valence-electron chi connectivity index (χ2n) is 4.94. The molecule has 10 heteroatoms. The van der Waals surface area contributed by atoms with Crippen LogP contribution in [0.3, 0.4) is 0 Å². The Morgan fingerprint density at radius 3 is 2.20 bits per heavy atom. The smallest absolute Gasteiger partial charge is 0.376 e. The van der Waals surface area contributed by atoms with Gasteiger partial charge in [-0.05, 0) is 13.8 Å². The predicted molar refractivity (Wildman–Crippen MR) is 84.8 cm³/mol. The molecule has 0 saturated carbocycles. The molecule has 0 heterocycles. The van der Waals surface area contributed by atoms with E-state index >= 15 is 0 Å². The van der Waals surface area contributed by atoms with Crippen LogP contribution in [0, 0.1) is 10.1 Å². The van der Waals surface area contributed by atoms with Crippen molar-refractivity contribution in [3.63, 3.8) is 0 Å². The largest absolute Gasteiger partial charge is 0.493 e. The van der Waals surface area contributed by atoms with Gasteiger partial charge in [-0.15, -0.1) is 0 Å². The monoisotopic (exact) mass is 359 g/mol. The molecule has 0 aliphatic carbocycles. The Labute approximate surface area is 144 Å². The molecule has 0 saturated heterocycles. The Morgan fingerprint density at radius 2 is 1.72 bits per heavy atom. The minimum Gasteiger partial charge on any atom is -0.493 e. The van der Waals surface area contributed by atoms with Crippen molar-refractivity contribution in [2.75, 3.05) is 28.1 Å². The van der Waals surface area contributed by atoms with E-state index in [1.54, 1.807) is 13.8 Å². The summed E-state index contributed by atoms with van der Waals surface area (Å²) < 4.78 is 30.3. The van der Waals surface area contributed by atoms with Crippen molar-refractivity contribution >= 4 is 11.7 Å². The van der Waals surface area contributed by atoms with Crippen LogP contribution in [0.1, 0.15) is 13.8 Å². The molecule has 0 spiro atoms. The van der Waals surface area contributed by atoms with Crippen molar-refractivity contribution in [2.45, 2.75) is 26.2 Å². The van der Waals surface area contributed by atoms with Gasteiger partial charge in [0.2, 0.25) is 5.75 Å². The highest BCUT2D eigenvalue weighted by Crippen LogP contribution is 2.39. The summed E-state index contributed by atoms with van der Waals surface area (Å²) in [5, 5.41) is 11.3. The fourth-order valence-electron chi connectivity index (χ4n) is 1.77. The molecule has 140 valence electrons. The van der Waals surface area contributed by atoms with Crippen LogP contribution >= 0.6 is 0 Å². The van der Waals surface area contributed by atoms with E-state index in [4.69, 9.17) is 28.4 Å². The SMILES string of the molecule is COCOC(Oc1cc(OC)c(OC)cc1[N+](=O)[O-])C(=O)OC(C)C. The Hall–Kier alpha value is -2.59. The summed E-state index contributed by atoms with van der Waals surface area (Å²) >= 11 is 0. The minimum atomic E-state index is -1.56. The molecule has 0 amide bonds. The maximum Gasteiger partial charge on any atom is 0.376 e. The van der Waals surface area contributed by atoms with Crippen LogP contribution < -0.4 is 14.2 Å². The van der Waals surface area contributed by atoms with Crippen molar-refractivity contribution in [3.8, 4) is 17.2 Å². The average Bonchev–Trinajstić information content (AvgIpc) is 2.56. The number of nitro groups is 1. The third-order valence-electron chi connectivity index (χ3n) is 2.78. The Morgan fingerprint density at radius 1 is 1.12 bits per heavy atom. The maximum absolute atomic E-state index is 12.1. The van der Waals surface area contributed by atoms with Crippen LogP contribution in [-0.2, 0) is 19.0 Å². The molecule has 0 bridgehead atoms. The summed E-state index contributed by atoms with van der Waals surface area (Å²) in [5.74, 6) is -0.771. The summed E-state index contributed by atoms with van der Waals surface area (Å²) in [6, 6.07) is 2.35. The number of carbonyl (C=O) groups excluding carboxylic acids is 1. The summed E-state index contributed by atoms with van der Waals surface area (Å²) in [6.45, 7) is 3.01. The van der Waals surface area contributed by atoms with Crippen LogP contribution in [-0.4, -0.2) is 51.4 Å². The minimum absolute atomic E-state index is 0.140. The van der Waals surface area contributed by atoms with Gasteiger partial charge in [0.05, 0.1) is 31.3 Å². The highest BCUT2D eigenvalue weighted by molar-refractivity contribution is 5.74. The molecule has 0 aliphatic heterocycles. The van der Waals surface area contributed by atoms with Crippen molar-refractivity contribution in [1.82, 2.24) is 0 Å². The number of ether oxygens (including phenoxy) is 6. The fraction of sp³-hybridized carbons (Fsp3) is 0.533. The van der Waals surface area contributed by atoms with Gasteiger partial charge in [0, 0.05) is 13.2 Å². The first-order chi connectivity index (χ1) is 11.8. The van der Waals surface area contributed by atoms with Gasteiger partial charge in [0.25, 0.3) is 0 Å². The zero-order valence-corrected chi connectivity index (χ0v) is 14.6. The number of rotatable bonds is 10. The molecule has 1 atom stereocenters. The summed E-state index contributed by atoms with van der Waals surface area (Å²) in [7, 11) is 4.05. The second kappa shape index (κ2) is 9.64. The van der Waals surface area contributed by atoms with Gasteiger partial charge >= 0.3 is 17.9 Å². The normalized spacial score (nSPS) is 11.8. The molecule has 1 aromatic carbocycles. The Balaban J connectivity index is 3.20. The third kappa shape index (κ3) is 5.76. The Kier molecular flexibility index (Phi) is 7.89. The van der Waals surface area contributed by atoms with Crippen LogP contribution in [0.4, 0.5) is 5.69 Å². The van der Waals surface area contributed by atoms with Crippen molar-refractivity contribution < 1.29 is 38.1 Å². The molecular formula is C15H21NO9. The maximum atomic E-state index is 12.1. The van der Waals surface area contributed by atoms with Crippen LogP contribution in [0.5, 0.6) is 17.2 Å². The highest BCUT2D eigenvalue weighted by Gasteiger charge is 2.29. The zero-order chi connectivity index (χ0) is 19.0. The fourth-order valence-corrected chi connectivity index (χ4v) is 1.77. The molecule has 0 aliphatic rings. The van der Waals surface area contributed by atoms with Crippen molar-refractivity contribution in [1.29, 1.82) is 0 Å². The van der Waals surface area contributed by atoms with E-state index in [1.807, 2.05) is 0 Å². The number of carbonyl (C=O) groups is 1. The molecule has 1 rings (SSSR count). The van der Waals surface area contributed by atoms with E-state index in [2.05, 4.69) is 0 Å². The van der Waals surface area contributed by atoms with Crippen LogP contribution in [0.25, 0.3) is 0 Å². The number of nitrogens with zero attached hydrogens (tertiary/aromatic N) is 1. The molecule has 1 aromatic rings. The lowest BCUT2D eigenvalue weighted by Crippen LogP contribution is -2.34. The number of esters is 1. The Bertz CT molecular complexity index is 603. The summed E-state index contributed by atoms with van der Waals surface area (Å²) in [6.07, 6.45) is -1.98. The molecule has 1 unspecified atom stereocenters. The van der Waals surface area contributed by atoms with E-state index < -0.39 is 29.0 Å². The van der Waals surface area contributed by atoms with E-state index in [1.165, 1.54) is 27.4 Å². The van der Waals surface area contributed by atoms with E-state index in [0.717, 1.165) is 6.07 Å². The number of nitro benzene ring substituents is 1. The molecule has 0 aromatic heterocycles. The molecule has 0 radical (unpaired) electrons. The zero-order valence-electron chi connectivity index (χ0n) is 14.6. The van der Waals surface area contributed by atoms with Gasteiger partial charge in [-0.1, -0.05) is 0 Å². The molecule has 10 nitrogen and oxygen atoms in total. The summed E-state index contributed by atoms with van der Waals surface area (Å²) in [4.78, 5) is 22.7. The molecular weight excluding hydrogens is 338 g/mol. The van der Waals surface area contributed by atoms with Gasteiger partial charge < -0.3 is 28.4 Å². The predicted octanol–water partition coefficient (Wildman–Crippen LogP) is 1.89. The van der Waals surface area contributed by atoms with Gasteiger partial charge in [-0.25, -0.2) is 4.79 Å². The number of hydrogen-bond acceptors (Lipinski definition) is 9. The van der Waals surface area contributed by atoms with Gasteiger partial charge in [-0.2, -0.15) is 0 Å². The standard InChI is InChI=1S/C15H21NO9/c1-9(2)24-14(17)15(23-8-20-3)25-11-7-13(22-5)12(21-4)6-10(11)16(18)19/h6-7,9,15H,8H2,1-5H3. The lowest BCUT2D eigenvalue weighted by molar-refractivity contribution is -0.386. The first-order valence-corrected chi connectivity index (χ1v) is 7.22. The molecule has 25 heavy (non-hydrogen) atoms. The number of hydrogen-bond donors (Lipinski definition) is 0. The molecule has 0 fully saturated rings.